The summed E-state index contributed by atoms with van der Waals surface area (Å²) in [4.78, 5) is 13.3. The maximum Gasteiger partial charge on any atom is 0.259 e. The first-order chi connectivity index (χ1) is 15.4. The van der Waals surface area contributed by atoms with Crippen LogP contribution >= 0.6 is 0 Å². The van der Waals surface area contributed by atoms with Crippen molar-refractivity contribution >= 4 is 32.4 Å². The number of anilines is 1. The molecule has 32 heavy (non-hydrogen) atoms. The summed E-state index contributed by atoms with van der Waals surface area (Å²) in [6, 6.07) is 15.8. The summed E-state index contributed by atoms with van der Waals surface area (Å²) < 4.78 is 38.5. The van der Waals surface area contributed by atoms with Crippen molar-refractivity contribution in [1.29, 1.82) is 0 Å². The molecule has 1 amide bonds. The number of fused-ring (bicyclic) bond motifs is 1. The van der Waals surface area contributed by atoms with Crippen LogP contribution in [-0.2, 0) is 10.0 Å². The highest BCUT2D eigenvalue weighted by Gasteiger charge is 2.27. The average molecular weight is 455 g/mol. The Bertz CT molecular complexity index is 1250. The maximum atomic E-state index is 13.2. The third kappa shape index (κ3) is 4.28. The summed E-state index contributed by atoms with van der Waals surface area (Å²) in [5.74, 6) is 0.381. The van der Waals surface area contributed by atoms with E-state index in [0.717, 1.165) is 30.0 Å². The summed E-state index contributed by atoms with van der Waals surface area (Å²) in [5.41, 5.74) is 0.628. The van der Waals surface area contributed by atoms with E-state index in [1.807, 2.05) is 24.3 Å². The van der Waals surface area contributed by atoms with Gasteiger partial charge in [-0.05, 0) is 53.9 Å². The number of methoxy groups -OCH3 is 2. The van der Waals surface area contributed by atoms with Gasteiger partial charge < -0.3 is 14.8 Å². The van der Waals surface area contributed by atoms with Gasteiger partial charge in [0.05, 0.1) is 30.4 Å². The lowest BCUT2D eigenvalue weighted by atomic mass is 10.1. The fraction of sp³-hybridized carbons (Fsp3) is 0.292. The van der Waals surface area contributed by atoms with Gasteiger partial charge in [0.2, 0.25) is 10.0 Å². The largest absolute Gasteiger partial charge is 0.496 e. The number of nitrogens with one attached hydrogen (secondary N) is 1. The molecule has 0 unspecified atom stereocenters. The summed E-state index contributed by atoms with van der Waals surface area (Å²) in [7, 11) is -0.670. The van der Waals surface area contributed by atoms with Gasteiger partial charge in [-0.25, -0.2) is 8.42 Å². The molecule has 1 aliphatic heterocycles. The average Bonchev–Trinajstić information content (AvgIpc) is 2.83. The standard InChI is InChI=1S/C24H26N2O5S/c1-30-22-11-10-19(32(28,29)26-12-6-3-7-13-26)16-21(22)25-24(27)20-14-17-8-4-5-9-18(17)15-23(20)31-2/h4-5,8-11,14-16H,3,6-7,12-13H2,1-2H3,(H,25,27). The Morgan fingerprint density at radius 2 is 1.53 bits per heavy atom. The Labute approximate surface area is 188 Å². The van der Waals surface area contributed by atoms with Crippen molar-refractivity contribution in [2.24, 2.45) is 0 Å². The first kappa shape index (κ1) is 22.1. The highest BCUT2D eigenvalue weighted by molar-refractivity contribution is 7.89. The fourth-order valence-corrected chi connectivity index (χ4v) is 5.50. The number of piperidine rings is 1. The number of carbonyl (C=O) groups excluding carboxylic acids is 1. The number of hydrogen-bond donors (Lipinski definition) is 1. The zero-order valence-corrected chi connectivity index (χ0v) is 18.9. The molecule has 0 spiro atoms. The molecule has 1 heterocycles. The predicted molar refractivity (Wildman–Crippen MR) is 124 cm³/mol. The molecule has 1 N–H and O–H groups in total. The lowest BCUT2D eigenvalue weighted by Crippen LogP contribution is -2.35. The number of sulfonamides is 1. The van der Waals surface area contributed by atoms with Crippen LogP contribution in [0, 0.1) is 0 Å². The molecule has 1 saturated heterocycles. The SMILES string of the molecule is COc1ccc(S(=O)(=O)N2CCCCC2)cc1NC(=O)c1cc2ccccc2cc1OC. The first-order valence-electron chi connectivity index (χ1n) is 10.5. The second kappa shape index (κ2) is 9.18. The third-order valence-electron chi connectivity index (χ3n) is 5.68. The molecule has 0 saturated carbocycles. The van der Waals surface area contributed by atoms with Crippen molar-refractivity contribution in [3.63, 3.8) is 0 Å². The smallest absolute Gasteiger partial charge is 0.259 e. The number of benzene rings is 3. The Kier molecular flexibility index (Phi) is 6.34. The maximum absolute atomic E-state index is 13.2. The van der Waals surface area contributed by atoms with Gasteiger partial charge in [-0.15, -0.1) is 0 Å². The number of nitrogens with zero attached hydrogens (tertiary/aromatic N) is 1. The van der Waals surface area contributed by atoms with E-state index in [2.05, 4.69) is 5.32 Å². The van der Waals surface area contributed by atoms with Crippen LogP contribution in [0.5, 0.6) is 11.5 Å². The molecule has 3 aromatic rings. The minimum atomic E-state index is -3.65. The van der Waals surface area contributed by atoms with Gasteiger partial charge in [-0.3, -0.25) is 4.79 Å². The van der Waals surface area contributed by atoms with E-state index >= 15 is 0 Å². The molecule has 168 valence electrons. The van der Waals surface area contributed by atoms with E-state index in [9.17, 15) is 13.2 Å². The molecule has 0 atom stereocenters. The molecular weight excluding hydrogens is 428 g/mol. The van der Waals surface area contributed by atoms with E-state index in [4.69, 9.17) is 9.47 Å². The normalized spacial score (nSPS) is 14.8. The van der Waals surface area contributed by atoms with Crippen LogP contribution in [0.3, 0.4) is 0 Å². The minimum Gasteiger partial charge on any atom is -0.496 e. The van der Waals surface area contributed by atoms with Crippen LogP contribution in [0.1, 0.15) is 29.6 Å². The second-order valence-corrected chi connectivity index (χ2v) is 9.62. The van der Waals surface area contributed by atoms with Crippen LogP contribution in [0.2, 0.25) is 0 Å². The van der Waals surface area contributed by atoms with E-state index in [1.54, 1.807) is 18.2 Å². The topological polar surface area (TPSA) is 84.9 Å². The van der Waals surface area contributed by atoms with Crippen LogP contribution < -0.4 is 14.8 Å². The van der Waals surface area contributed by atoms with Crippen LogP contribution in [-0.4, -0.2) is 45.9 Å². The summed E-state index contributed by atoms with van der Waals surface area (Å²) >= 11 is 0. The molecule has 0 aromatic heterocycles. The van der Waals surface area contributed by atoms with Crippen molar-refractivity contribution in [2.45, 2.75) is 24.2 Å². The molecule has 8 heteroatoms. The first-order valence-corrected chi connectivity index (χ1v) is 11.9. The number of carbonyl (C=O) groups is 1. The van der Waals surface area contributed by atoms with E-state index in [-0.39, 0.29) is 10.6 Å². The van der Waals surface area contributed by atoms with Crippen molar-refractivity contribution < 1.29 is 22.7 Å². The molecular formula is C24H26N2O5S. The van der Waals surface area contributed by atoms with Crippen LogP contribution in [0.4, 0.5) is 5.69 Å². The van der Waals surface area contributed by atoms with Gasteiger partial charge in [-0.2, -0.15) is 4.31 Å². The zero-order chi connectivity index (χ0) is 22.7. The van der Waals surface area contributed by atoms with E-state index in [1.165, 1.54) is 30.7 Å². The molecule has 1 aliphatic rings. The summed E-state index contributed by atoms with van der Waals surface area (Å²) in [6.07, 6.45) is 2.73. The van der Waals surface area contributed by atoms with Gasteiger partial charge in [0, 0.05) is 13.1 Å². The van der Waals surface area contributed by atoms with Crippen molar-refractivity contribution in [3.8, 4) is 11.5 Å². The number of rotatable bonds is 6. The molecule has 4 rings (SSSR count). The van der Waals surface area contributed by atoms with Gasteiger partial charge in [0.15, 0.2) is 0 Å². The monoisotopic (exact) mass is 454 g/mol. The van der Waals surface area contributed by atoms with E-state index < -0.39 is 15.9 Å². The van der Waals surface area contributed by atoms with E-state index in [0.29, 0.717) is 30.2 Å². The van der Waals surface area contributed by atoms with Gasteiger partial charge in [-0.1, -0.05) is 30.7 Å². The second-order valence-electron chi connectivity index (χ2n) is 7.68. The Morgan fingerprint density at radius 1 is 0.875 bits per heavy atom. The minimum absolute atomic E-state index is 0.126. The zero-order valence-electron chi connectivity index (χ0n) is 18.1. The molecule has 1 fully saturated rings. The summed E-state index contributed by atoms with van der Waals surface area (Å²) in [6.45, 7) is 1.01. The Hall–Kier alpha value is -3.10. The van der Waals surface area contributed by atoms with Crippen LogP contribution in [0.25, 0.3) is 10.8 Å². The number of amides is 1. The quantitative estimate of drug-likeness (QED) is 0.601. The van der Waals surface area contributed by atoms with Crippen LogP contribution in [0.15, 0.2) is 59.5 Å². The highest BCUT2D eigenvalue weighted by Crippen LogP contribution is 2.32. The predicted octanol–water partition coefficient (Wildman–Crippen LogP) is 4.28. The lowest BCUT2D eigenvalue weighted by Gasteiger charge is -2.26. The van der Waals surface area contributed by atoms with Gasteiger partial charge in [0.25, 0.3) is 5.91 Å². The molecule has 0 bridgehead atoms. The summed E-state index contributed by atoms with van der Waals surface area (Å²) in [5, 5.41) is 4.65. The molecule has 3 aromatic carbocycles. The lowest BCUT2D eigenvalue weighted by molar-refractivity contribution is 0.102. The van der Waals surface area contributed by atoms with Gasteiger partial charge >= 0.3 is 0 Å². The molecule has 7 nitrogen and oxygen atoms in total. The Balaban J connectivity index is 1.69. The molecule has 0 aliphatic carbocycles. The van der Waals surface area contributed by atoms with Crippen molar-refractivity contribution in [3.05, 3.63) is 60.2 Å². The van der Waals surface area contributed by atoms with Gasteiger partial charge in [0.1, 0.15) is 11.5 Å². The highest BCUT2D eigenvalue weighted by atomic mass is 32.2. The van der Waals surface area contributed by atoms with Crippen molar-refractivity contribution in [2.75, 3.05) is 32.6 Å². The molecule has 0 radical (unpaired) electrons. The number of hydrogen-bond acceptors (Lipinski definition) is 5. The number of ether oxygens (including phenoxy) is 2. The third-order valence-corrected chi connectivity index (χ3v) is 7.58. The fourth-order valence-electron chi connectivity index (χ4n) is 3.95. The van der Waals surface area contributed by atoms with Crippen molar-refractivity contribution in [1.82, 2.24) is 4.31 Å². The Morgan fingerprint density at radius 3 is 2.19 bits per heavy atom.